The molecule has 4 heteroatoms. The first-order chi connectivity index (χ1) is 9.16. The smallest absolute Gasteiger partial charge is 0.251 e. The SMILES string of the molecule is Nc1ccc(C(=O)NC2CCCCCCC2)cc1Cl. The van der Waals surface area contributed by atoms with E-state index >= 15 is 0 Å². The number of halogens is 1. The second kappa shape index (κ2) is 6.80. The molecule has 0 heterocycles. The fraction of sp³-hybridized carbons (Fsp3) is 0.533. The average Bonchev–Trinajstić information content (AvgIpc) is 2.35. The first-order valence-corrected chi connectivity index (χ1v) is 7.40. The minimum atomic E-state index is -0.0486. The second-order valence-electron chi connectivity index (χ2n) is 5.25. The number of carbonyl (C=O) groups is 1. The van der Waals surface area contributed by atoms with Crippen molar-refractivity contribution in [2.75, 3.05) is 5.73 Å². The Morgan fingerprint density at radius 3 is 2.42 bits per heavy atom. The van der Waals surface area contributed by atoms with Crippen LogP contribution in [0.3, 0.4) is 0 Å². The van der Waals surface area contributed by atoms with Crippen molar-refractivity contribution in [1.29, 1.82) is 0 Å². The zero-order valence-corrected chi connectivity index (χ0v) is 11.9. The van der Waals surface area contributed by atoms with Crippen LogP contribution < -0.4 is 11.1 Å². The van der Waals surface area contributed by atoms with Crippen molar-refractivity contribution in [3.05, 3.63) is 28.8 Å². The average molecular weight is 281 g/mol. The van der Waals surface area contributed by atoms with E-state index in [9.17, 15) is 4.79 Å². The molecule has 104 valence electrons. The molecule has 1 fully saturated rings. The van der Waals surface area contributed by atoms with E-state index in [1.165, 1.54) is 32.1 Å². The molecule has 0 bridgehead atoms. The molecule has 0 aliphatic heterocycles. The molecule has 0 unspecified atom stereocenters. The lowest BCUT2D eigenvalue weighted by molar-refractivity contribution is 0.0930. The molecule has 1 aromatic carbocycles. The van der Waals surface area contributed by atoms with E-state index in [1.54, 1.807) is 18.2 Å². The maximum atomic E-state index is 12.2. The van der Waals surface area contributed by atoms with Crippen LogP contribution in [0.5, 0.6) is 0 Å². The maximum Gasteiger partial charge on any atom is 0.251 e. The lowest BCUT2D eigenvalue weighted by Crippen LogP contribution is -2.35. The van der Waals surface area contributed by atoms with Gasteiger partial charge in [-0.1, -0.05) is 43.7 Å². The van der Waals surface area contributed by atoms with Crippen LogP contribution in [0, 0.1) is 0 Å². The van der Waals surface area contributed by atoms with Gasteiger partial charge in [0.25, 0.3) is 5.91 Å². The topological polar surface area (TPSA) is 55.1 Å². The maximum absolute atomic E-state index is 12.2. The normalized spacial score (nSPS) is 17.5. The fourth-order valence-corrected chi connectivity index (χ4v) is 2.72. The highest BCUT2D eigenvalue weighted by Crippen LogP contribution is 2.21. The molecule has 1 saturated carbocycles. The van der Waals surface area contributed by atoms with Crippen molar-refractivity contribution < 1.29 is 4.79 Å². The molecule has 3 nitrogen and oxygen atoms in total. The quantitative estimate of drug-likeness (QED) is 0.811. The monoisotopic (exact) mass is 280 g/mol. The molecular weight excluding hydrogens is 260 g/mol. The van der Waals surface area contributed by atoms with E-state index in [0.717, 1.165) is 12.8 Å². The van der Waals surface area contributed by atoms with Gasteiger partial charge in [-0.25, -0.2) is 0 Å². The number of hydrogen-bond acceptors (Lipinski definition) is 2. The third-order valence-electron chi connectivity index (χ3n) is 3.70. The Morgan fingerprint density at radius 2 is 1.79 bits per heavy atom. The van der Waals surface area contributed by atoms with Crippen molar-refractivity contribution in [2.24, 2.45) is 0 Å². The highest BCUT2D eigenvalue weighted by Gasteiger charge is 2.15. The highest BCUT2D eigenvalue weighted by molar-refractivity contribution is 6.33. The van der Waals surface area contributed by atoms with Gasteiger partial charge in [0.2, 0.25) is 0 Å². The third kappa shape index (κ3) is 4.13. The van der Waals surface area contributed by atoms with E-state index in [4.69, 9.17) is 17.3 Å². The van der Waals surface area contributed by atoms with Crippen LogP contribution >= 0.6 is 11.6 Å². The van der Waals surface area contributed by atoms with Crippen molar-refractivity contribution in [3.63, 3.8) is 0 Å². The Bertz CT molecular complexity index is 440. The molecule has 1 aliphatic carbocycles. The van der Waals surface area contributed by atoms with Gasteiger partial charge in [-0.05, 0) is 31.0 Å². The molecule has 1 amide bonds. The van der Waals surface area contributed by atoms with Crippen molar-refractivity contribution >= 4 is 23.2 Å². The van der Waals surface area contributed by atoms with E-state index in [1.807, 2.05) is 0 Å². The molecule has 0 aromatic heterocycles. The Balaban J connectivity index is 1.96. The molecule has 19 heavy (non-hydrogen) atoms. The number of nitrogen functional groups attached to an aromatic ring is 1. The molecular formula is C15H21ClN2O. The zero-order valence-electron chi connectivity index (χ0n) is 11.1. The van der Waals surface area contributed by atoms with Crippen LogP contribution in [0.1, 0.15) is 55.3 Å². The van der Waals surface area contributed by atoms with E-state index in [2.05, 4.69) is 5.32 Å². The van der Waals surface area contributed by atoms with Crippen LogP contribution in [-0.4, -0.2) is 11.9 Å². The van der Waals surface area contributed by atoms with Gasteiger partial charge < -0.3 is 11.1 Å². The Labute approximate surface area is 119 Å². The summed E-state index contributed by atoms with van der Waals surface area (Å²) in [4.78, 5) is 12.2. The lowest BCUT2D eigenvalue weighted by Gasteiger charge is -2.21. The number of anilines is 1. The third-order valence-corrected chi connectivity index (χ3v) is 4.03. The first-order valence-electron chi connectivity index (χ1n) is 7.02. The van der Waals surface area contributed by atoms with Crippen LogP contribution in [0.25, 0.3) is 0 Å². The minimum absolute atomic E-state index is 0.0486. The van der Waals surface area contributed by atoms with Crippen LogP contribution in [0.15, 0.2) is 18.2 Å². The minimum Gasteiger partial charge on any atom is -0.398 e. The van der Waals surface area contributed by atoms with Gasteiger partial charge in [0.05, 0.1) is 10.7 Å². The molecule has 1 aromatic rings. The molecule has 0 radical (unpaired) electrons. The molecule has 3 N–H and O–H groups in total. The number of benzene rings is 1. The molecule has 2 rings (SSSR count). The van der Waals surface area contributed by atoms with Gasteiger partial charge in [0, 0.05) is 11.6 Å². The highest BCUT2D eigenvalue weighted by atomic mass is 35.5. The Kier molecular flexibility index (Phi) is 5.08. The van der Waals surface area contributed by atoms with Crippen LogP contribution in [0.4, 0.5) is 5.69 Å². The summed E-state index contributed by atoms with van der Waals surface area (Å²) < 4.78 is 0. The number of amides is 1. The summed E-state index contributed by atoms with van der Waals surface area (Å²) in [6.45, 7) is 0. The van der Waals surface area contributed by atoms with Crippen molar-refractivity contribution in [3.8, 4) is 0 Å². The van der Waals surface area contributed by atoms with Gasteiger partial charge in [-0.3, -0.25) is 4.79 Å². The molecule has 0 atom stereocenters. The van der Waals surface area contributed by atoms with E-state index < -0.39 is 0 Å². The zero-order chi connectivity index (χ0) is 13.7. The number of hydrogen-bond donors (Lipinski definition) is 2. The Morgan fingerprint density at radius 1 is 1.16 bits per heavy atom. The fourth-order valence-electron chi connectivity index (χ4n) is 2.54. The van der Waals surface area contributed by atoms with Gasteiger partial charge in [-0.15, -0.1) is 0 Å². The summed E-state index contributed by atoms with van der Waals surface area (Å²) in [5.74, 6) is -0.0486. The molecule has 0 saturated heterocycles. The van der Waals surface area contributed by atoms with Gasteiger partial charge in [0.15, 0.2) is 0 Å². The van der Waals surface area contributed by atoms with Crippen LogP contribution in [0.2, 0.25) is 5.02 Å². The number of nitrogens with one attached hydrogen (secondary N) is 1. The predicted octanol–water partition coefficient (Wildman–Crippen LogP) is 3.76. The van der Waals surface area contributed by atoms with Gasteiger partial charge in [-0.2, -0.15) is 0 Å². The molecule has 1 aliphatic rings. The standard InChI is InChI=1S/C15H21ClN2O/c16-13-10-11(8-9-14(13)17)15(19)18-12-6-4-2-1-3-5-7-12/h8-10,12H,1-7,17H2,(H,18,19). The lowest BCUT2D eigenvalue weighted by atomic mass is 9.96. The summed E-state index contributed by atoms with van der Waals surface area (Å²) >= 11 is 5.94. The van der Waals surface area contributed by atoms with Crippen molar-refractivity contribution in [1.82, 2.24) is 5.32 Å². The number of carbonyl (C=O) groups excluding carboxylic acids is 1. The number of rotatable bonds is 2. The summed E-state index contributed by atoms with van der Waals surface area (Å²) in [7, 11) is 0. The van der Waals surface area contributed by atoms with E-state index in [-0.39, 0.29) is 5.91 Å². The largest absolute Gasteiger partial charge is 0.398 e. The molecule has 0 spiro atoms. The summed E-state index contributed by atoms with van der Waals surface area (Å²) in [5, 5.41) is 3.55. The second-order valence-corrected chi connectivity index (χ2v) is 5.66. The summed E-state index contributed by atoms with van der Waals surface area (Å²) in [5.41, 5.74) is 6.74. The van der Waals surface area contributed by atoms with Crippen LogP contribution in [-0.2, 0) is 0 Å². The summed E-state index contributed by atoms with van der Waals surface area (Å²) in [6, 6.07) is 5.33. The first kappa shape index (κ1) is 14.2. The van der Waals surface area contributed by atoms with Crippen molar-refractivity contribution in [2.45, 2.75) is 51.0 Å². The number of nitrogens with two attached hydrogens (primary N) is 1. The van der Waals surface area contributed by atoms with Gasteiger partial charge >= 0.3 is 0 Å². The Hall–Kier alpha value is -1.22. The van der Waals surface area contributed by atoms with E-state index in [0.29, 0.717) is 22.3 Å². The predicted molar refractivity (Wildman–Crippen MR) is 79.4 cm³/mol. The van der Waals surface area contributed by atoms with Gasteiger partial charge in [0.1, 0.15) is 0 Å². The summed E-state index contributed by atoms with van der Waals surface area (Å²) in [6.07, 6.45) is 8.44.